The Morgan fingerprint density at radius 2 is 1.85 bits per heavy atom. The van der Waals surface area contributed by atoms with Crippen LogP contribution in [-0.4, -0.2) is 41.1 Å². The summed E-state index contributed by atoms with van der Waals surface area (Å²) >= 11 is 6.45. The van der Waals surface area contributed by atoms with Crippen molar-refractivity contribution in [3.8, 4) is 0 Å². The van der Waals surface area contributed by atoms with Gasteiger partial charge < -0.3 is 15.5 Å². The van der Waals surface area contributed by atoms with Crippen LogP contribution in [0.3, 0.4) is 0 Å². The van der Waals surface area contributed by atoms with Crippen molar-refractivity contribution < 1.29 is 0 Å². The predicted octanol–water partition coefficient (Wildman–Crippen LogP) is 3.01. The van der Waals surface area contributed by atoms with E-state index in [2.05, 4.69) is 37.4 Å². The van der Waals surface area contributed by atoms with Crippen LogP contribution in [0.2, 0.25) is 5.02 Å². The molecule has 4 rings (SSSR count). The minimum atomic E-state index is 0.607. The van der Waals surface area contributed by atoms with Crippen LogP contribution < -0.4 is 15.5 Å². The van der Waals surface area contributed by atoms with Crippen molar-refractivity contribution in [3.05, 3.63) is 53.1 Å². The van der Waals surface area contributed by atoms with E-state index < -0.39 is 0 Å². The molecule has 1 saturated heterocycles. The molecule has 0 aliphatic carbocycles. The smallest absolute Gasteiger partial charge is 0.0901 e. The highest BCUT2D eigenvalue weighted by atomic mass is 35.5. The molecular formula is C19H21ClN6. The summed E-state index contributed by atoms with van der Waals surface area (Å²) in [5.74, 6) is 0. The highest BCUT2D eigenvalue weighted by Crippen LogP contribution is 2.30. The van der Waals surface area contributed by atoms with Crippen LogP contribution >= 0.6 is 11.6 Å². The normalized spacial score (nSPS) is 14.6. The van der Waals surface area contributed by atoms with Crippen molar-refractivity contribution in [2.45, 2.75) is 13.5 Å². The van der Waals surface area contributed by atoms with Crippen molar-refractivity contribution in [3.63, 3.8) is 0 Å². The first-order chi connectivity index (χ1) is 12.7. The Hall–Kier alpha value is -2.44. The molecule has 0 atom stereocenters. The summed E-state index contributed by atoms with van der Waals surface area (Å²) in [6.07, 6.45) is 7.18. The number of anilines is 2. The minimum absolute atomic E-state index is 0.607. The molecule has 0 spiro atoms. The molecule has 0 radical (unpaired) electrons. The van der Waals surface area contributed by atoms with E-state index in [9.17, 15) is 0 Å². The molecule has 1 aromatic carbocycles. The van der Waals surface area contributed by atoms with Crippen molar-refractivity contribution in [2.24, 2.45) is 0 Å². The Balaban J connectivity index is 1.60. The van der Waals surface area contributed by atoms with E-state index in [-0.39, 0.29) is 0 Å². The van der Waals surface area contributed by atoms with Crippen LogP contribution in [0.4, 0.5) is 11.4 Å². The third-order valence-electron chi connectivity index (χ3n) is 4.64. The lowest BCUT2D eigenvalue weighted by molar-refractivity contribution is 0.588. The van der Waals surface area contributed by atoms with Gasteiger partial charge in [-0.3, -0.25) is 15.0 Å². The second kappa shape index (κ2) is 7.43. The number of nitrogens with zero attached hydrogens (tertiary/aromatic N) is 4. The molecule has 26 heavy (non-hydrogen) atoms. The van der Waals surface area contributed by atoms with Crippen LogP contribution in [0.1, 0.15) is 11.1 Å². The summed E-state index contributed by atoms with van der Waals surface area (Å²) in [7, 11) is 0. The van der Waals surface area contributed by atoms with Gasteiger partial charge in [0.25, 0.3) is 0 Å². The van der Waals surface area contributed by atoms with Gasteiger partial charge in [0, 0.05) is 56.3 Å². The third-order valence-corrected chi connectivity index (χ3v) is 4.99. The number of aryl methyl sites for hydroxylation is 1. The van der Waals surface area contributed by atoms with E-state index in [0.717, 1.165) is 48.5 Å². The van der Waals surface area contributed by atoms with Crippen LogP contribution in [0.15, 0.2) is 36.9 Å². The molecule has 1 fully saturated rings. The summed E-state index contributed by atoms with van der Waals surface area (Å²) in [5, 5.41) is 7.60. The number of nitrogens with one attached hydrogen (secondary N) is 2. The van der Waals surface area contributed by atoms with Crippen molar-refractivity contribution in [1.29, 1.82) is 0 Å². The first-order valence-electron chi connectivity index (χ1n) is 8.75. The Bertz CT molecular complexity index is 923. The van der Waals surface area contributed by atoms with Gasteiger partial charge in [0.15, 0.2) is 0 Å². The van der Waals surface area contributed by atoms with Crippen molar-refractivity contribution in [1.82, 2.24) is 20.3 Å². The molecule has 0 bridgehead atoms. The zero-order valence-corrected chi connectivity index (χ0v) is 15.4. The molecule has 0 amide bonds. The molecule has 1 aliphatic heterocycles. The summed E-state index contributed by atoms with van der Waals surface area (Å²) in [4.78, 5) is 15.4. The fourth-order valence-corrected chi connectivity index (χ4v) is 3.58. The molecule has 1 aliphatic rings. The highest BCUT2D eigenvalue weighted by molar-refractivity contribution is 6.32. The first kappa shape index (κ1) is 17.0. The molecule has 0 unspecified atom stereocenters. The third kappa shape index (κ3) is 3.43. The van der Waals surface area contributed by atoms with Gasteiger partial charge in [0.05, 0.1) is 28.6 Å². The molecule has 7 heteroatoms. The van der Waals surface area contributed by atoms with E-state index in [0.29, 0.717) is 11.6 Å². The van der Waals surface area contributed by atoms with Gasteiger partial charge in [-0.05, 0) is 30.2 Å². The number of hydrogen-bond acceptors (Lipinski definition) is 6. The maximum Gasteiger partial charge on any atom is 0.0901 e. The average molecular weight is 369 g/mol. The maximum absolute atomic E-state index is 6.45. The Morgan fingerprint density at radius 3 is 2.62 bits per heavy atom. The van der Waals surface area contributed by atoms with Crippen LogP contribution in [-0.2, 0) is 6.54 Å². The number of pyridine rings is 1. The number of rotatable bonds is 4. The number of hydrogen-bond donors (Lipinski definition) is 2. The topological polar surface area (TPSA) is 66.0 Å². The van der Waals surface area contributed by atoms with Crippen molar-refractivity contribution >= 4 is 34.0 Å². The van der Waals surface area contributed by atoms with Crippen LogP contribution in [0.25, 0.3) is 11.0 Å². The second-order valence-electron chi connectivity index (χ2n) is 6.43. The number of fused-ring (bicyclic) bond motifs is 1. The highest BCUT2D eigenvalue weighted by Gasteiger charge is 2.17. The largest absolute Gasteiger partial charge is 0.378 e. The quantitative estimate of drug-likeness (QED) is 0.738. The van der Waals surface area contributed by atoms with Crippen LogP contribution in [0.5, 0.6) is 0 Å². The fourth-order valence-electron chi connectivity index (χ4n) is 3.35. The summed E-state index contributed by atoms with van der Waals surface area (Å²) < 4.78 is 0. The molecule has 3 heterocycles. The molecule has 6 nitrogen and oxygen atoms in total. The van der Waals surface area contributed by atoms with Gasteiger partial charge in [0.2, 0.25) is 0 Å². The lowest BCUT2D eigenvalue weighted by Crippen LogP contribution is -2.44. The van der Waals surface area contributed by atoms with Gasteiger partial charge in [-0.25, -0.2) is 0 Å². The van der Waals surface area contributed by atoms with Crippen molar-refractivity contribution in [2.75, 3.05) is 36.4 Å². The number of aromatic nitrogens is 3. The molecule has 3 aromatic rings. The van der Waals surface area contributed by atoms with E-state index in [1.807, 2.05) is 24.5 Å². The number of benzene rings is 1. The molecule has 2 aromatic heterocycles. The predicted molar refractivity (Wildman–Crippen MR) is 106 cm³/mol. The minimum Gasteiger partial charge on any atom is -0.378 e. The maximum atomic E-state index is 6.45. The molecule has 2 N–H and O–H groups in total. The van der Waals surface area contributed by atoms with Crippen LogP contribution in [0, 0.1) is 6.92 Å². The summed E-state index contributed by atoms with van der Waals surface area (Å²) in [5.41, 5.74) is 6.07. The second-order valence-corrected chi connectivity index (χ2v) is 6.84. The number of piperazine rings is 1. The van der Waals surface area contributed by atoms with E-state index >= 15 is 0 Å². The van der Waals surface area contributed by atoms with Gasteiger partial charge in [0.1, 0.15) is 0 Å². The fraction of sp³-hybridized carbons (Fsp3) is 0.316. The van der Waals surface area contributed by atoms with E-state index in [1.165, 1.54) is 11.3 Å². The van der Waals surface area contributed by atoms with Gasteiger partial charge in [-0.15, -0.1) is 0 Å². The monoisotopic (exact) mass is 368 g/mol. The van der Waals surface area contributed by atoms with Gasteiger partial charge in [-0.2, -0.15) is 0 Å². The first-order valence-corrected chi connectivity index (χ1v) is 9.13. The summed E-state index contributed by atoms with van der Waals surface area (Å²) in [6, 6.07) is 3.86. The Morgan fingerprint density at radius 1 is 1.12 bits per heavy atom. The lowest BCUT2D eigenvalue weighted by atomic mass is 10.1. The summed E-state index contributed by atoms with van der Waals surface area (Å²) in [6.45, 7) is 6.69. The molecular weight excluding hydrogens is 348 g/mol. The number of halogens is 1. The van der Waals surface area contributed by atoms with E-state index in [1.54, 1.807) is 12.4 Å². The zero-order valence-electron chi connectivity index (χ0n) is 14.7. The SMILES string of the molecule is Cc1cncc(NCc2cc3nccnc3cc2Cl)c1N1CCNCC1. The standard InChI is InChI=1S/C19H21ClN6/c1-13-10-22-12-18(19(13)26-6-4-21-5-7-26)25-11-14-8-16-17(9-15(14)20)24-3-2-23-16/h2-3,8-10,12,21,25H,4-7,11H2,1H3. The molecule has 0 saturated carbocycles. The molecule has 134 valence electrons. The van der Waals surface area contributed by atoms with Gasteiger partial charge >= 0.3 is 0 Å². The lowest BCUT2D eigenvalue weighted by Gasteiger charge is -2.32. The van der Waals surface area contributed by atoms with Gasteiger partial charge in [-0.1, -0.05) is 11.6 Å². The zero-order chi connectivity index (χ0) is 17.9. The Labute approximate surface area is 157 Å². The van der Waals surface area contributed by atoms with E-state index in [4.69, 9.17) is 11.6 Å². The Kier molecular flexibility index (Phi) is 4.86. The average Bonchev–Trinajstić information content (AvgIpc) is 2.67.